The van der Waals surface area contributed by atoms with Crippen molar-refractivity contribution in [1.82, 2.24) is 10.2 Å². The van der Waals surface area contributed by atoms with Crippen molar-refractivity contribution in [1.29, 1.82) is 0 Å². The van der Waals surface area contributed by atoms with Gasteiger partial charge in [0.15, 0.2) is 0 Å². The van der Waals surface area contributed by atoms with Crippen LogP contribution in [0.1, 0.15) is 13.3 Å². The molecule has 5 nitrogen and oxygen atoms in total. The van der Waals surface area contributed by atoms with E-state index in [4.69, 9.17) is 0 Å². The number of nitrogens with one attached hydrogen (secondary N) is 1. The Morgan fingerprint density at radius 3 is 2.77 bits per heavy atom. The van der Waals surface area contributed by atoms with E-state index in [9.17, 15) is 9.59 Å². The first-order valence-electron chi connectivity index (χ1n) is 4.23. The summed E-state index contributed by atoms with van der Waals surface area (Å²) in [4.78, 5) is 23.3. The molecule has 13 heavy (non-hydrogen) atoms. The van der Waals surface area contributed by atoms with E-state index in [-0.39, 0.29) is 18.0 Å². The van der Waals surface area contributed by atoms with Gasteiger partial charge in [-0.1, -0.05) is 0 Å². The molecule has 1 aliphatic rings. The Balaban J connectivity index is 2.36. The van der Waals surface area contributed by atoms with Crippen LogP contribution in [0, 0.1) is 0 Å². The Kier molecular flexibility index (Phi) is 3.11. The fourth-order valence-electron chi connectivity index (χ4n) is 1.46. The number of nitrogens with zero attached hydrogens (tertiary/aromatic N) is 1. The van der Waals surface area contributed by atoms with E-state index < -0.39 is 0 Å². The number of rotatable bonds is 1. The summed E-state index contributed by atoms with van der Waals surface area (Å²) in [6, 6.07) is 0.0802. The van der Waals surface area contributed by atoms with Gasteiger partial charge in [-0.3, -0.25) is 4.79 Å². The van der Waals surface area contributed by atoms with Crippen LogP contribution in [0.4, 0.5) is 4.79 Å². The molecular formula is C8H14N2O3. The highest BCUT2D eigenvalue weighted by atomic mass is 16.5. The van der Waals surface area contributed by atoms with E-state index >= 15 is 0 Å². The van der Waals surface area contributed by atoms with Gasteiger partial charge in [-0.25, -0.2) is 4.79 Å². The first-order chi connectivity index (χ1) is 6.13. The highest BCUT2D eigenvalue weighted by Gasteiger charge is 2.26. The zero-order valence-electron chi connectivity index (χ0n) is 7.87. The van der Waals surface area contributed by atoms with E-state index in [2.05, 4.69) is 10.1 Å². The lowest BCUT2D eigenvalue weighted by Crippen LogP contribution is -2.37. The van der Waals surface area contributed by atoms with Crippen molar-refractivity contribution in [2.75, 3.05) is 20.2 Å². The second-order valence-corrected chi connectivity index (χ2v) is 3.10. The third-order valence-corrected chi connectivity index (χ3v) is 2.03. The molecule has 0 aromatic rings. The number of carbonyl (C=O) groups is 2. The van der Waals surface area contributed by atoms with Crippen LogP contribution in [0.2, 0.25) is 0 Å². The predicted octanol–water partition coefficient (Wildman–Crippen LogP) is -0.0368. The van der Waals surface area contributed by atoms with Crippen LogP contribution in [0.5, 0.6) is 0 Å². The van der Waals surface area contributed by atoms with Gasteiger partial charge in [0, 0.05) is 26.1 Å². The molecule has 1 aliphatic heterocycles. The second kappa shape index (κ2) is 4.11. The van der Waals surface area contributed by atoms with E-state index in [0.29, 0.717) is 13.1 Å². The number of carbonyl (C=O) groups excluding carboxylic acids is 2. The summed E-state index contributed by atoms with van der Waals surface area (Å²) in [5.41, 5.74) is 0. The van der Waals surface area contributed by atoms with Crippen molar-refractivity contribution in [2.24, 2.45) is 0 Å². The van der Waals surface area contributed by atoms with Crippen molar-refractivity contribution in [2.45, 2.75) is 19.4 Å². The monoisotopic (exact) mass is 186 g/mol. The largest absolute Gasteiger partial charge is 0.453 e. The van der Waals surface area contributed by atoms with Gasteiger partial charge in [-0.2, -0.15) is 0 Å². The summed E-state index contributed by atoms with van der Waals surface area (Å²) in [6.07, 6.45) is 0.474. The van der Waals surface area contributed by atoms with E-state index in [0.717, 1.165) is 6.42 Å². The van der Waals surface area contributed by atoms with Gasteiger partial charge in [-0.15, -0.1) is 0 Å². The number of hydrogen-bond donors (Lipinski definition) is 1. The highest BCUT2D eigenvalue weighted by molar-refractivity contribution is 5.73. The smallest absolute Gasteiger partial charge is 0.409 e. The van der Waals surface area contributed by atoms with Crippen LogP contribution in [0.3, 0.4) is 0 Å². The molecule has 74 valence electrons. The molecule has 1 unspecified atom stereocenters. The van der Waals surface area contributed by atoms with Crippen LogP contribution in [-0.2, 0) is 9.53 Å². The van der Waals surface area contributed by atoms with E-state index in [1.165, 1.54) is 14.0 Å². The van der Waals surface area contributed by atoms with E-state index in [1.54, 1.807) is 4.90 Å². The zero-order valence-corrected chi connectivity index (χ0v) is 7.87. The Labute approximate surface area is 77.0 Å². The minimum Gasteiger partial charge on any atom is -0.453 e. The maximum atomic E-state index is 11.0. The highest BCUT2D eigenvalue weighted by Crippen LogP contribution is 2.09. The Hall–Kier alpha value is -1.26. The molecule has 1 fully saturated rings. The molecule has 0 aromatic carbocycles. The van der Waals surface area contributed by atoms with Crippen LogP contribution in [0.25, 0.3) is 0 Å². The molecule has 5 heteroatoms. The second-order valence-electron chi connectivity index (χ2n) is 3.10. The third kappa shape index (κ3) is 2.61. The predicted molar refractivity (Wildman–Crippen MR) is 46.2 cm³/mol. The van der Waals surface area contributed by atoms with E-state index in [1.807, 2.05) is 0 Å². The third-order valence-electron chi connectivity index (χ3n) is 2.03. The van der Waals surface area contributed by atoms with Gasteiger partial charge >= 0.3 is 6.09 Å². The zero-order chi connectivity index (χ0) is 9.84. The molecule has 0 aromatic heterocycles. The molecule has 1 atom stereocenters. The summed E-state index contributed by atoms with van der Waals surface area (Å²) in [5, 5.41) is 2.76. The number of likely N-dealkylation sites (tertiary alicyclic amines) is 1. The molecule has 0 saturated carbocycles. The van der Waals surface area contributed by atoms with Gasteiger partial charge in [0.2, 0.25) is 5.91 Å². The lowest BCUT2D eigenvalue weighted by molar-refractivity contribution is -0.119. The van der Waals surface area contributed by atoms with Gasteiger partial charge < -0.3 is 15.0 Å². The summed E-state index contributed by atoms with van der Waals surface area (Å²) in [6.45, 7) is 2.67. The first kappa shape index (κ1) is 9.83. The lowest BCUT2D eigenvalue weighted by Gasteiger charge is -2.14. The van der Waals surface area contributed by atoms with Crippen LogP contribution in [0.15, 0.2) is 0 Å². The average molecular weight is 186 g/mol. The topological polar surface area (TPSA) is 58.6 Å². The number of hydrogen-bond acceptors (Lipinski definition) is 3. The normalized spacial score (nSPS) is 21.4. The molecule has 0 bridgehead atoms. The number of methoxy groups -OCH3 is 1. The molecular weight excluding hydrogens is 172 g/mol. The number of ether oxygens (including phenoxy) is 1. The summed E-state index contributed by atoms with van der Waals surface area (Å²) in [5.74, 6) is -0.0586. The van der Waals surface area contributed by atoms with Crippen molar-refractivity contribution >= 4 is 12.0 Å². The van der Waals surface area contributed by atoms with Gasteiger partial charge in [0.1, 0.15) is 0 Å². The summed E-state index contributed by atoms with van der Waals surface area (Å²) < 4.78 is 4.56. The summed E-state index contributed by atoms with van der Waals surface area (Å²) in [7, 11) is 1.36. The minimum atomic E-state index is -0.326. The Bertz CT molecular complexity index is 217. The minimum absolute atomic E-state index is 0.0586. The standard InChI is InChI=1S/C8H14N2O3/c1-6(11)9-7-3-4-10(5-7)8(12)13-2/h7H,3-5H2,1-2H3,(H,9,11). The van der Waals surface area contributed by atoms with Gasteiger partial charge in [0.05, 0.1) is 7.11 Å². The molecule has 1 saturated heterocycles. The maximum Gasteiger partial charge on any atom is 0.409 e. The van der Waals surface area contributed by atoms with Crippen molar-refractivity contribution in [3.05, 3.63) is 0 Å². The molecule has 0 aliphatic carbocycles. The van der Waals surface area contributed by atoms with Gasteiger partial charge in [0.25, 0.3) is 0 Å². The molecule has 1 heterocycles. The fraction of sp³-hybridized carbons (Fsp3) is 0.750. The van der Waals surface area contributed by atoms with Crippen molar-refractivity contribution < 1.29 is 14.3 Å². The molecule has 0 radical (unpaired) electrons. The van der Waals surface area contributed by atoms with Gasteiger partial charge in [-0.05, 0) is 6.42 Å². The SMILES string of the molecule is COC(=O)N1CCC(NC(C)=O)C1. The van der Waals surface area contributed by atoms with Crippen molar-refractivity contribution in [3.8, 4) is 0 Å². The molecule has 1 rings (SSSR count). The quantitative estimate of drug-likeness (QED) is 0.625. The average Bonchev–Trinajstić information content (AvgIpc) is 2.50. The first-order valence-corrected chi connectivity index (χ1v) is 4.23. The Morgan fingerprint density at radius 2 is 2.23 bits per heavy atom. The fourth-order valence-corrected chi connectivity index (χ4v) is 1.46. The maximum absolute atomic E-state index is 11.0. The lowest BCUT2D eigenvalue weighted by atomic mass is 10.3. The Morgan fingerprint density at radius 1 is 1.54 bits per heavy atom. The van der Waals surface area contributed by atoms with Crippen LogP contribution in [-0.4, -0.2) is 43.1 Å². The molecule has 0 spiro atoms. The number of amides is 2. The van der Waals surface area contributed by atoms with Crippen molar-refractivity contribution in [3.63, 3.8) is 0 Å². The van der Waals surface area contributed by atoms with Crippen LogP contribution < -0.4 is 5.32 Å². The summed E-state index contributed by atoms with van der Waals surface area (Å²) >= 11 is 0. The molecule has 2 amide bonds. The molecule has 1 N–H and O–H groups in total. The van der Waals surface area contributed by atoms with Crippen LogP contribution >= 0.6 is 0 Å².